The van der Waals surface area contributed by atoms with Crippen molar-refractivity contribution in [2.75, 3.05) is 6.61 Å². The lowest BCUT2D eigenvalue weighted by Crippen LogP contribution is -2.10. The number of rotatable bonds is 4. The van der Waals surface area contributed by atoms with E-state index in [0.29, 0.717) is 22.0 Å². The molecule has 4 nitrogen and oxygen atoms in total. The molecule has 0 unspecified atom stereocenters. The van der Waals surface area contributed by atoms with E-state index in [-0.39, 0.29) is 18.1 Å². The molecule has 2 aromatic carbocycles. The van der Waals surface area contributed by atoms with Gasteiger partial charge in [-0.3, -0.25) is 4.79 Å². The third kappa shape index (κ3) is 3.31. The molecule has 120 valence electrons. The first-order valence-electron chi connectivity index (χ1n) is 7.47. The Kier molecular flexibility index (Phi) is 4.89. The van der Waals surface area contributed by atoms with Crippen LogP contribution in [0.25, 0.3) is 10.9 Å². The number of aromatic nitrogens is 1. The van der Waals surface area contributed by atoms with Gasteiger partial charge in [-0.2, -0.15) is 0 Å². The minimum Gasteiger partial charge on any atom is -0.462 e. The standard InChI is InChI=1S/C19H14INO3/c1-2-24-19(23)15-11-17(18(22)12-6-4-3-5-7-12)21-16-9-8-13(20)10-14(15)16/h3-11H,2H2,1H3. The molecule has 3 rings (SSSR count). The summed E-state index contributed by atoms with van der Waals surface area (Å²) in [7, 11) is 0. The average molecular weight is 431 g/mol. The van der Waals surface area contributed by atoms with Crippen LogP contribution in [0.2, 0.25) is 0 Å². The molecular weight excluding hydrogens is 417 g/mol. The molecule has 0 atom stereocenters. The molecule has 0 radical (unpaired) electrons. The number of carbonyl (C=O) groups is 2. The van der Waals surface area contributed by atoms with Crippen LogP contribution in [-0.4, -0.2) is 23.3 Å². The van der Waals surface area contributed by atoms with Crippen LogP contribution in [0.15, 0.2) is 54.6 Å². The van der Waals surface area contributed by atoms with Gasteiger partial charge in [-0.1, -0.05) is 30.3 Å². The molecule has 0 saturated carbocycles. The zero-order valence-electron chi connectivity index (χ0n) is 13.0. The van der Waals surface area contributed by atoms with E-state index in [9.17, 15) is 9.59 Å². The Balaban J connectivity index is 2.18. The quantitative estimate of drug-likeness (QED) is 0.352. The molecule has 0 amide bonds. The molecule has 0 aliphatic rings. The number of halogens is 1. The fraction of sp³-hybridized carbons (Fsp3) is 0.105. The van der Waals surface area contributed by atoms with Gasteiger partial charge < -0.3 is 4.74 Å². The van der Waals surface area contributed by atoms with Gasteiger partial charge in [0.15, 0.2) is 0 Å². The second kappa shape index (κ2) is 7.09. The second-order valence-corrected chi connectivity index (χ2v) is 6.38. The van der Waals surface area contributed by atoms with Gasteiger partial charge in [0.1, 0.15) is 5.69 Å². The van der Waals surface area contributed by atoms with E-state index in [0.717, 1.165) is 3.57 Å². The largest absolute Gasteiger partial charge is 0.462 e. The van der Waals surface area contributed by atoms with Gasteiger partial charge >= 0.3 is 5.97 Å². The van der Waals surface area contributed by atoms with Gasteiger partial charge in [0, 0.05) is 14.5 Å². The van der Waals surface area contributed by atoms with Crippen LogP contribution >= 0.6 is 22.6 Å². The zero-order valence-corrected chi connectivity index (χ0v) is 15.1. The third-order valence-corrected chi connectivity index (χ3v) is 4.21. The normalized spacial score (nSPS) is 10.6. The van der Waals surface area contributed by atoms with E-state index in [4.69, 9.17) is 4.74 Å². The number of ketones is 1. The fourth-order valence-corrected chi connectivity index (χ4v) is 2.92. The van der Waals surface area contributed by atoms with Crippen molar-refractivity contribution in [1.82, 2.24) is 4.98 Å². The van der Waals surface area contributed by atoms with Crippen molar-refractivity contribution in [3.8, 4) is 0 Å². The van der Waals surface area contributed by atoms with Gasteiger partial charge in [-0.25, -0.2) is 9.78 Å². The van der Waals surface area contributed by atoms with Crippen molar-refractivity contribution in [2.45, 2.75) is 6.92 Å². The van der Waals surface area contributed by atoms with Crippen LogP contribution in [0.3, 0.4) is 0 Å². The highest BCUT2D eigenvalue weighted by Gasteiger charge is 2.18. The lowest BCUT2D eigenvalue weighted by Gasteiger charge is -2.09. The molecule has 1 aromatic heterocycles. The van der Waals surface area contributed by atoms with Crippen LogP contribution in [-0.2, 0) is 4.74 Å². The molecule has 24 heavy (non-hydrogen) atoms. The summed E-state index contributed by atoms with van der Waals surface area (Å²) in [5.41, 5.74) is 1.72. The van der Waals surface area contributed by atoms with Gasteiger partial charge in [0.2, 0.25) is 5.78 Å². The number of hydrogen-bond acceptors (Lipinski definition) is 4. The molecule has 5 heteroatoms. The van der Waals surface area contributed by atoms with Gasteiger partial charge in [0.25, 0.3) is 0 Å². The van der Waals surface area contributed by atoms with Crippen LogP contribution in [0.4, 0.5) is 0 Å². The summed E-state index contributed by atoms with van der Waals surface area (Å²) in [5, 5.41) is 0.685. The fourth-order valence-electron chi connectivity index (χ4n) is 2.43. The molecule has 0 spiro atoms. The van der Waals surface area contributed by atoms with Crippen molar-refractivity contribution >= 4 is 45.2 Å². The Bertz CT molecular complexity index is 923. The summed E-state index contributed by atoms with van der Waals surface area (Å²) in [6.45, 7) is 2.02. The van der Waals surface area contributed by atoms with E-state index in [1.807, 2.05) is 24.3 Å². The van der Waals surface area contributed by atoms with Crippen LogP contribution < -0.4 is 0 Å². The van der Waals surface area contributed by atoms with Gasteiger partial charge in [-0.15, -0.1) is 0 Å². The molecule has 0 bridgehead atoms. The predicted octanol–water partition coefficient (Wildman–Crippen LogP) is 4.25. The minimum absolute atomic E-state index is 0.221. The van der Waals surface area contributed by atoms with Gasteiger partial charge in [0.05, 0.1) is 17.7 Å². The topological polar surface area (TPSA) is 56.3 Å². The van der Waals surface area contributed by atoms with E-state index < -0.39 is 5.97 Å². The predicted molar refractivity (Wildman–Crippen MR) is 100 cm³/mol. The van der Waals surface area contributed by atoms with Crippen molar-refractivity contribution < 1.29 is 14.3 Å². The van der Waals surface area contributed by atoms with Crippen molar-refractivity contribution in [2.24, 2.45) is 0 Å². The Labute approximate surface area is 153 Å². The van der Waals surface area contributed by atoms with Crippen molar-refractivity contribution in [1.29, 1.82) is 0 Å². The van der Waals surface area contributed by atoms with E-state index >= 15 is 0 Å². The first-order valence-corrected chi connectivity index (χ1v) is 8.55. The highest BCUT2D eigenvalue weighted by atomic mass is 127. The van der Waals surface area contributed by atoms with Crippen LogP contribution in [0.1, 0.15) is 33.3 Å². The monoisotopic (exact) mass is 431 g/mol. The molecule has 0 aliphatic heterocycles. The molecular formula is C19H14INO3. The average Bonchev–Trinajstić information content (AvgIpc) is 2.61. The van der Waals surface area contributed by atoms with Crippen LogP contribution in [0, 0.1) is 3.57 Å². The summed E-state index contributed by atoms with van der Waals surface area (Å²) >= 11 is 2.17. The maximum absolute atomic E-state index is 12.7. The zero-order chi connectivity index (χ0) is 17.1. The molecule has 0 fully saturated rings. The highest BCUT2D eigenvalue weighted by Crippen LogP contribution is 2.23. The summed E-state index contributed by atoms with van der Waals surface area (Å²) in [6.07, 6.45) is 0. The number of nitrogens with zero attached hydrogens (tertiary/aromatic N) is 1. The molecule has 1 heterocycles. The second-order valence-electron chi connectivity index (χ2n) is 5.13. The number of ether oxygens (including phenoxy) is 1. The SMILES string of the molecule is CCOC(=O)c1cc(C(=O)c2ccccc2)nc2ccc(I)cc12. The summed E-state index contributed by atoms with van der Waals surface area (Å²) in [6, 6.07) is 16.0. The van der Waals surface area contributed by atoms with E-state index in [1.54, 1.807) is 31.2 Å². The Morgan fingerprint density at radius 1 is 1.08 bits per heavy atom. The first-order chi connectivity index (χ1) is 11.6. The summed E-state index contributed by atoms with van der Waals surface area (Å²) < 4.78 is 6.12. The molecule has 0 saturated heterocycles. The smallest absolute Gasteiger partial charge is 0.338 e. The number of pyridine rings is 1. The van der Waals surface area contributed by atoms with Crippen molar-refractivity contribution in [3.05, 3.63) is 75.0 Å². The van der Waals surface area contributed by atoms with E-state index in [2.05, 4.69) is 27.6 Å². The molecule has 3 aromatic rings. The number of hydrogen-bond donors (Lipinski definition) is 0. The number of fused-ring (bicyclic) bond motifs is 1. The Hall–Kier alpha value is -2.28. The Morgan fingerprint density at radius 3 is 2.54 bits per heavy atom. The number of benzene rings is 2. The third-order valence-electron chi connectivity index (χ3n) is 3.53. The lowest BCUT2D eigenvalue weighted by molar-refractivity contribution is 0.0528. The summed E-state index contributed by atoms with van der Waals surface area (Å²) in [4.78, 5) is 29.4. The summed E-state index contributed by atoms with van der Waals surface area (Å²) in [5.74, 6) is -0.671. The van der Waals surface area contributed by atoms with E-state index in [1.165, 1.54) is 6.07 Å². The first kappa shape index (κ1) is 16.6. The maximum Gasteiger partial charge on any atom is 0.338 e. The number of esters is 1. The highest BCUT2D eigenvalue weighted by molar-refractivity contribution is 14.1. The van der Waals surface area contributed by atoms with Crippen molar-refractivity contribution in [3.63, 3.8) is 0 Å². The Morgan fingerprint density at radius 2 is 1.83 bits per heavy atom. The molecule has 0 aliphatic carbocycles. The lowest BCUT2D eigenvalue weighted by atomic mass is 10.0. The van der Waals surface area contributed by atoms with Gasteiger partial charge in [-0.05, 0) is 53.8 Å². The maximum atomic E-state index is 12.7. The van der Waals surface area contributed by atoms with Crippen LogP contribution in [0.5, 0.6) is 0 Å². The number of carbonyl (C=O) groups excluding carboxylic acids is 2. The minimum atomic E-state index is -0.450. The molecule has 0 N–H and O–H groups in total.